The number of carbonyl (C=O) groups is 2. The molecule has 2 aromatic carbocycles. The van der Waals surface area contributed by atoms with Crippen LogP contribution in [0.1, 0.15) is 24.5 Å². The summed E-state index contributed by atoms with van der Waals surface area (Å²) in [4.78, 5) is 26.6. The molecule has 1 aliphatic rings. The SMILES string of the molecule is COc1ccc2c(c1)CCCN2C(=O)C(C)NC(=O)OCc1ccccc1. The fourth-order valence-electron chi connectivity index (χ4n) is 3.17. The van der Waals surface area contributed by atoms with Gasteiger partial charge in [0.2, 0.25) is 5.91 Å². The van der Waals surface area contributed by atoms with Crippen LogP contribution in [0.15, 0.2) is 48.5 Å². The first-order chi connectivity index (χ1) is 13.1. The van der Waals surface area contributed by atoms with E-state index < -0.39 is 12.1 Å². The minimum Gasteiger partial charge on any atom is -0.497 e. The molecule has 0 bridgehead atoms. The number of nitrogens with zero attached hydrogens (tertiary/aromatic N) is 1. The zero-order valence-corrected chi connectivity index (χ0v) is 15.6. The molecule has 1 atom stereocenters. The topological polar surface area (TPSA) is 67.9 Å². The zero-order valence-electron chi connectivity index (χ0n) is 15.6. The Hall–Kier alpha value is -3.02. The second-order valence-corrected chi connectivity index (χ2v) is 6.52. The number of anilines is 1. The number of ether oxygens (including phenoxy) is 2. The van der Waals surface area contributed by atoms with Crippen LogP contribution in [0.2, 0.25) is 0 Å². The van der Waals surface area contributed by atoms with Crippen LogP contribution >= 0.6 is 0 Å². The van der Waals surface area contributed by atoms with Gasteiger partial charge >= 0.3 is 6.09 Å². The number of nitrogens with one attached hydrogen (secondary N) is 1. The summed E-state index contributed by atoms with van der Waals surface area (Å²) < 4.78 is 10.5. The number of aryl methyl sites for hydroxylation is 1. The minimum atomic E-state index is -0.679. The molecular weight excluding hydrogens is 344 g/mol. The molecular formula is C21H24N2O4. The predicted molar refractivity (Wildman–Crippen MR) is 103 cm³/mol. The lowest BCUT2D eigenvalue weighted by molar-refractivity contribution is -0.120. The highest BCUT2D eigenvalue weighted by molar-refractivity contribution is 5.99. The summed E-state index contributed by atoms with van der Waals surface area (Å²) in [5, 5.41) is 2.62. The summed E-state index contributed by atoms with van der Waals surface area (Å²) in [5.74, 6) is 0.622. The van der Waals surface area contributed by atoms with Gasteiger partial charge in [-0.3, -0.25) is 4.79 Å². The third-order valence-corrected chi connectivity index (χ3v) is 4.59. The highest BCUT2D eigenvalue weighted by Crippen LogP contribution is 2.30. The quantitative estimate of drug-likeness (QED) is 0.879. The number of hydrogen-bond donors (Lipinski definition) is 1. The zero-order chi connectivity index (χ0) is 19.2. The van der Waals surface area contributed by atoms with Gasteiger partial charge < -0.3 is 19.7 Å². The molecule has 3 rings (SSSR count). The number of rotatable bonds is 5. The van der Waals surface area contributed by atoms with E-state index in [1.807, 2.05) is 48.5 Å². The van der Waals surface area contributed by atoms with Gasteiger partial charge in [0.15, 0.2) is 0 Å². The monoisotopic (exact) mass is 368 g/mol. The Bertz CT molecular complexity index is 807. The minimum absolute atomic E-state index is 0.155. The molecule has 6 nitrogen and oxygen atoms in total. The average molecular weight is 368 g/mol. The van der Waals surface area contributed by atoms with Crippen LogP contribution in [0, 0.1) is 0 Å². The second kappa shape index (κ2) is 8.58. The molecule has 2 amide bonds. The Morgan fingerprint density at radius 3 is 2.70 bits per heavy atom. The van der Waals surface area contributed by atoms with Crippen molar-refractivity contribution in [2.45, 2.75) is 32.4 Å². The van der Waals surface area contributed by atoms with Crippen molar-refractivity contribution in [3.05, 3.63) is 59.7 Å². The maximum atomic E-state index is 12.8. The molecule has 0 spiro atoms. The Morgan fingerprint density at radius 2 is 1.96 bits per heavy atom. The first-order valence-electron chi connectivity index (χ1n) is 9.04. The molecule has 0 radical (unpaired) electrons. The van der Waals surface area contributed by atoms with E-state index in [1.165, 1.54) is 0 Å². The third kappa shape index (κ3) is 4.58. The molecule has 1 unspecified atom stereocenters. The van der Waals surface area contributed by atoms with Gasteiger partial charge in [0.1, 0.15) is 18.4 Å². The first kappa shape index (κ1) is 18.8. The van der Waals surface area contributed by atoms with E-state index in [1.54, 1.807) is 18.9 Å². The maximum absolute atomic E-state index is 12.8. The number of alkyl carbamates (subject to hydrolysis) is 1. The van der Waals surface area contributed by atoms with E-state index >= 15 is 0 Å². The summed E-state index contributed by atoms with van der Waals surface area (Å²) in [7, 11) is 1.63. The standard InChI is InChI=1S/C21H24N2O4/c1-15(22-21(25)27-14-16-7-4-3-5-8-16)20(24)23-12-6-9-17-13-18(26-2)10-11-19(17)23/h3-5,7-8,10-11,13,15H,6,9,12,14H2,1-2H3,(H,22,25). The van der Waals surface area contributed by atoms with Crippen LogP contribution in [-0.4, -0.2) is 31.7 Å². The van der Waals surface area contributed by atoms with Gasteiger partial charge in [0.25, 0.3) is 0 Å². The lowest BCUT2D eigenvalue weighted by Gasteiger charge is -2.31. The van der Waals surface area contributed by atoms with E-state index in [2.05, 4.69) is 5.32 Å². The van der Waals surface area contributed by atoms with E-state index in [0.29, 0.717) is 6.54 Å². The average Bonchev–Trinajstić information content (AvgIpc) is 2.71. The van der Waals surface area contributed by atoms with Crippen LogP contribution in [0.4, 0.5) is 10.5 Å². The number of fused-ring (bicyclic) bond motifs is 1. The molecule has 0 saturated carbocycles. The van der Waals surface area contributed by atoms with Crippen LogP contribution in [0.3, 0.4) is 0 Å². The fraction of sp³-hybridized carbons (Fsp3) is 0.333. The Kier molecular flexibility index (Phi) is 5.96. The van der Waals surface area contributed by atoms with Gasteiger partial charge in [0, 0.05) is 12.2 Å². The van der Waals surface area contributed by atoms with Gasteiger partial charge in [0.05, 0.1) is 7.11 Å². The molecule has 142 valence electrons. The lowest BCUT2D eigenvalue weighted by Crippen LogP contribution is -2.48. The van der Waals surface area contributed by atoms with Crippen molar-refractivity contribution >= 4 is 17.7 Å². The van der Waals surface area contributed by atoms with Crippen molar-refractivity contribution in [2.24, 2.45) is 0 Å². The fourth-order valence-corrected chi connectivity index (χ4v) is 3.17. The first-order valence-corrected chi connectivity index (χ1v) is 9.04. The number of methoxy groups -OCH3 is 1. The lowest BCUT2D eigenvalue weighted by atomic mass is 10.0. The molecule has 6 heteroatoms. The van der Waals surface area contributed by atoms with Crippen molar-refractivity contribution in [3.63, 3.8) is 0 Å². The van der Waals surface area contributed by atoms with Crippen molar-refractivity contribution in [3.8, 4) is 5.75 Å². The van der Waals surface area contributed by atoms with Crippen LogP contribution in [-0.2, 0) is 22.6 Å². The number of benzene rings is 2. The van der Waals surface area contributed by atoms with Crippen LogP contribution in [0.5, 0.6) is 5.75 Å². The Morgan fingerprint density at radius 1 is 1.19 bits per heavy atom. The molecule has 0 saturated heterocycles. The Labute approximate surface area is 159 Å². The summed E-state index contributed by atoms with van der Waals surface area (Å²) in [6.45, 7) is 2.47. The predicted octanol–water partition coefficient (Wildman–Crippen LogP) is 3.29. The molecule has 0 fully saturated rings. The van der Waals surface area contributed by atoms with Crippen molar-refractivity contribution < 1.29 is 19.1 Å². The summed E-state index contributed by atoms with van der Waals surface area (Å²) >= 11 is 0. The van der Waals surface area contributed by atoms with E-state index in [4.69, 9.17) is 9.47 Å². The number of hydrogen-bond acceptors (Lipinski definition) is 4. The molecule has 2 aromatic rings. The van der Waals surface area contributed by atoms with Gasteiger partial charge in [-0.25, -0.2) is 4.79 Å². The highest BCUT2D eigenvalue weighted by Gasteiger charge is 2.27. The van der Waals surface area contributed by atoms with Crippen LogP contribution < -0.4 is 15.0 Å². The van der Waals surface area contributed by atoms with E-state index in [9.17, 15) is 9.59 Å². The third-order valence-electron chi connectivity index (χ3n) is 4.59. The summed E-state index contributed by atoms with van der Waals surface area (Å²) in [6.07, 6.45) is 1.17. The summed E-state index contributed by atoms with van der Waals surface area (Å²) in [6, 6.07) is 14.4. The van der Waals surface area contributed by atoms with Crippen molar-refractivity contribution in [2.75, 3.05) is 18.6 Å². The van der Waals surface area contributed by atoms with Gasteiger partial charge in [-0.1, -0.05) is 30.3 Å². The highest BCUT2D eigenvalue weighted by atomic mass is 16.5. The normalized spacial score (nSPS) is 14.1. The molecule has 1 heterocycles. The largest absolute Gasteiger partial charge is 0.497 e. The maximum Gasteiger partial charge on any atom is 0.408 e. The van der Waals surface area contributed by atoms with E-state index in [0.717, 1.165) is 35.4 Å². The Balaban J connectivity index is 1.60. The number of carbonyl (C=O) groups excluding carboxylic acids is 2. The molecule has 0 aromatic heterocycles. The molecule has 1 aliphatic heterocycles. The van der Waals surface area contributed by atoms with E-state index in [-0.39, 0.29) is 12.5 Å². The van der Waals surface area contributed by atoms with Gasteiger partial charge in [-0.15, -0.1) is 0 Å². The van der Waals surface area contributed by atoms with Crippen LogP contribution in [0.25, 0.3) is 0 Å². The van der Waals surface area contributed by atoms with Gasteiger partial charge in [-0.2, -0.15) is 0 Å². The smallest absolute Gasteiger partial charge is 0.408 e. The van der Waals surface area contributed by atoms with Gasteiger partial charge in [-0.05, 0) is 49.1 Å². The number of amides is 2. The van der Waals surface area contributed by atoms with Crippen molar-refractivity contribution in [1.29, 1.82) is 0 Å². The molecule has 0 aliphatic carbocycles. The second-order valence-electron chi connectivity index (χ2n) is 6.52. The molecule has 27 heavy (non-hydrogen) atoms. The van der Waals surface area contributed by atoms with Crippen molar-refractivity contribution in [1.82, 2.24) is 5.32 Å². The molecule has 1 N–H and O–H groups in total. The summed E-state index contributed by atoms with van der Waals surface area (Å²) in [5.41, 5.74) is 2.84.